The molecule has 2 N–H and O–H groups in total. The highest BCUT2D eigenvalue weighted by molar-refractivity contribution is 7.10. The monoisotopic (exact) mass is 376 g/mol. The molecule has 0 radical (unpaired) electrons. The van der Waals surface area contributed by atoms with Crippen molar-refractivity contribution < 1.29 is 0 Å². The fraction of sp³-hybridized carbons (Fsp3) is 0.762. The van der Waals surface area contributed by atoms with Crippen LogP contribution in [0.2, 0.25) is 0 Å². The van der Waals surface area contributed by atoms with Gasteiger partial charge in [0, 0.05) is 49.1 Å². The Labute approximate surface area is 163 Å². The number of hydrogen-bond acceptors (Lipinski definition) is 3. The highest BCUT2D eigenvalue weighted by Gasteiger charge is 2.35. The second kappa shape index (κ2) is 9.23. The van der Waals surface area contributed by atoms with Gasteiger partial charge in [-0.25, -0.2) is 0 Å². The Morgan fingerprint density at radius 2 is 2.00 bits per heavy atom. The van der Waals surface area contributed by atoms with Gasteiger partial charge in [0.2, 0.25) is 0 Å². The normalized spacial score (nSPS) is 22.5. The molecule has 5 heteroatoms. The van der Waals surface area contributed by atoms with Gasteiger partial charge in [0.1, 0.15) is 0 Å². The van der Waals surface area contributed by atoms with Gasteiger partial charge in [0.15, 0.2) is 5.96 Å². The third kappa shape index (κ3) is 4.80. The molecule has 4 nitrogen and oxygen atoms in total. The molecular formula is C21H36N4S. The third-order valence-corrected chi connectivity index (χ3v) is 7.39. The minimum absolute atomic E-state index is 0.297. The van der Waals surface area contributed by atoms with E-state index in [0.717, 1.165) is 12.5 Å². The summed E-state index contributed by atoms with van der Waals surface area (Å²) in [4.78, 5) is 8.64. The fourth-order valence-corrected chi connectivity index (χ4v) is 5.51. The van der Waals surface area contributed by atoms with Crippen molar-refractivity contribution in [1.82, 2.24) is 15.5 Å². The predicted octanol–water partition coefficient (Wildman–Crippen LogP) is 3.99. The average molecular weight is 377 g/mol. The molecule has 26 heavy (non-hydrogen) atoms. The van der Waals surface area contributed by atoms with E-state index >= 15 is 0 Å². The van der Waals surface area contributed by atoms with Crippen molar-refractivity contribution in [3.63, 3.8) is 0 Å². The first-order valence-electron chi connectivity index (χ1n) is 10.4. The van der Waals surface area contributed by atoms with Crippen LogP contribution in [-0.2, 0) is 5.41 Å². The van der Waals surface area contributed by atoms with Crippen LogP contribution in [0.1, 0.15) is 63.7 Å². The van der Waals surface area contributed by atoms with E-state index < -0.39 is 0 Å². The van der Waals surface area contributed by atoms with Gasteiger partial charge >= 0.3 is 0 Å². The number of aliphatic imine (C=N–C) groups is 1. The zero-order chi connectivity index (χ0) is 18.4. The summed E-state index contributed by atoms with van der Waals surface area (Å²) < 4.78 is 0. The number of nitrogens with one attached hydrogen (secondary N) is 2. The SMILES string of the molecule is CN=C(NCC1(c2cccs2)CCCCC1)NC1CCN(C(C)C)CC1. The topological polar surface area (TPSA) is 39.7 Å². The first-order chi connectivity index (χ1) is 12.6. The van der Waals surface area contributed by atoms with Gasteiger partial charge in [-0.2, -0.15) is 0 Å². The number of guanidine groups is 1. The molecule has 1 aromatic heterocycles. The smallest absolute Gasteiger partial charge is 0.191 e. The van der Waals surface area contributed by atoms with E-state index in [1.807, 2.05) is 18.4 Å². The van der Waals surface area contributed by atoms with E-state index in [0.29, 0.717) is 17.5 Å². The van der Waals surface area contributed by atoms with E-state index in [1.165, 1.54) is 58.0 Å². The van der Waals surface area contributed by atoms with Gasteiger partial charge in [-0.05, 0) is 51.0 Å². The quantitative estimate of drug-likeness (QED) is 0.603. The van der Waals surface area contributed by atoms with Gasteiger partial charge in [0.25, 0.3) is 0 Å². The summed E-state index contributed by atoms with van der Waals surface area (Å²) in [5, 5.41) is 9.59. The molecule has 1 saturated heterocycles. The second-order valence-electron chi connectivity index (χ2n) is 8.29. The number of nitrogens with zero attached hydrogens (tertiary/aromatic N) is 2. The molecule has 0 unspecified atom stereocenters. The van der Waals surface area contributed by atoms with Crippen LogP contribution in [-0.4, -0.2) is 49.6 Å². The third-order valence-electron chi connectivity index (χ3n) is 6.27. The van der Waals surface area contributed by atoms with Crippen LogP contribution in [0.5, 0.6) is 0 Å². The predicted molar refractivity (Wildman–Crippen MR) is 113 cm³/mol. The van der Waals surface area contributed by atoms with Crippen LogP contribution >= 0.6 is 11.3 Å². The zero-order valence-corrected chi connectivity index (χ0v) is 17.6. The first kappa shape index (κ1) is 19.7. The summed E-state index contributed by atoms with van der Waals surface area (Å²) in [6.07, 6.45) is 9.07. The van der Waals surface area contributed by atoms with E-state index in [2.05, 4.69) is 51.9 Å². The molecule has 0 amide bonds. The zero-order valence-electron chi connectivity index (χ0n) is 16.8. The van der Waals surface area contributed by atoms with Crippen molar-refractivity contribution in [3.8, 4) is 0 Å². The Hall–Kier alpha value is -1.07. The van der Waals surface area contributed by atoms with Crippen molar-refractivity contribution in [2.45, 2.75) is 76.3 Å². The minimum Gasteiger partial charge on any atom is -0.355 e. The maximum Gasteiger partial charge on any atom is 0.191 e. The van der Waals surface area contributed by atoms with Gasteiger partial charge in [-0.15, -0.1) is 11.3 Å². The van der Waals surface area contributed by atoms with Gasteiger partial charge in [-0.3, -0.25) is 4.99 Å². The summed E-state index contributed by atoms with van der Waals surface area (Å²) in [6.45, 7) is 7.96. The summed E-state index contributed by atoms with van der Waals surface area (Å²) in [5.41, 5.74) is 0.297. The average Bonchev–Trinajstić information content (AvgIpc) is 3.22. The van der Waals surface area contributed by atoms with E-state index in [4.69, 9.17) is 0 Å². The van der Waals surface area contributed by atoms with Crippen LogP contribution < -0.4 is 10.6 Å². The van der Waals surface area contributed by atoms with E-state index in [9.17, 15) is 0 Å². The van der Waals surface area contributed by atoms with Crippen LogP contribution in [0.4, 0.5) is 0 Å². The lowest BCUT2D eigenvalue weighted by molar-refractivity contribution is 0.167. The Kier molecular flexibility index (Phi) is 6.98. The molecule has 2 heterocycles. The molecule has 1 aliphatic carbocycles. The lowest BCUT2D eigenvalue weighted by atomic mass is 9.73. The van der Waals surface area contributed by atoms with Crippen molar-refractivity contribution in [3.05, 3.63) is 22.4 Å². The summed E-state index contributed by atoms with van der Waals surface area (Å²) in [6, 6.07) is 5.73. The molecule has 1 aromatic rings. The van der Waals surface area contributed by atoms with Crippen LogP contribution in [0.15, 0.2) is 22.5 Å². The van der Waals surface area contributed by atoms with E-state index in [-0.39, 0.29) is 0 Å². The van der Waals surface area contributed by atoms with Crippen molar-refractivity contribution >= 4 is 17.3 Å². The van der Waals surface area contributed by atoms with Crippen molar-refractivity contribution in [2.24, 2.45) is 4.99 Å². The fourth-order valence-electron chi connectivity index (χ4n) is 4.52. The molecule has 0 bridgehead atoms. The first-order valence-corrected chi connectivity index (χ1v) is 11.3. The summed E-state index contributed by atoms with van der Waals surface area (Å²) >= 11 is 1.92. The van der Waals surface area contributed by atoms with Crippen molar-refractivity contribution in [2.75, 3.05) is 26.7 Å². The molecule has 1 aliphatic heterocycles. The summed E-state index contributed by atoms with van der Waals surface area (Å²) in [7, 11) is 1.90. The molecule has 3 rings (SSSR count). The van der Waals surface area contributed by atoms with Gasteiger partial charge < -0.3 is 15.5 Å². The van der Waals surface area contributed by atoms with Crippen LogP contribution in [0.25, 0.3) is 0 Å². The molecule has 0 spiro atoms. The second-order valence-corrected chi connectivity index (χ2v) is 9.24. The molecule has 146 valence electrons. The number of hydrogen-bond donors (Lipinski definition) is 2. The minimum atomic E-state index is 0.297. The summed E-state index contributed by atoms with van der Waals surface area (Å²) in [5.74, 6) is 0.981. The Balaban J connectivity index is 1.55. The Morgan fingerprint density at radius 3 is 2.58 bits per heavy atom. The molecule has 1 saturated carbocycles. The molecule has 2 fully saturated rings. The largest absolute Gasteiger partial charge is 0.355 e. The van der Waals surface area contributed by atoms with Gasteiger partial charge in [-0.1, -0.05) is 25.3 Å². The number of piperidine rings is 1. The lowest BCUT2D eigenvalue weighted by Gasteiger charge is -2.38. The molecule has 0 atom stereocenters. The number of likely N-dealkylation sites (tertiary alicyclic amines) is 1. The maximum absolute atomic E-state index is 4.52. The van der Waals surface area contributed by atoms with Crippen LogP contribution in [0.3, 0.4) is 0 Å². The maximum atomic E-state index is 4.52. The highest BCUT2D eigenvalue weighted by Crippen LogP contribution is 2.41. The van der Waals surface area contributed by atoms with E-state index in [1.54, 1.807) is 4.88 Å². The highest BCUT2D eigenvalue weighted by atomic mass is 32.1. The van der Waals surface area contributed by atoms with Gasteiger partial charge in [0.05, 0.1) is 0 Å². The Bertz CT molecular complexity index is 553. The van der Waals surface area contributed by atoms with Crippen molar-refractivity contribution in [1.29, 1.82) is 0 Å². The molecule has 0 aromatic carbocycles. The molecule has 2 aliphatic rings. The Morgan fingerprint density at radius 1 is 1.27 bits per heavy atom. The standard InChI is InChI=1S/C21H36N4S/c1-17(2)25-13-9-18(10-14-25)24-20(22-3)23-16-21(11-5-4-6-12-21)19-8-7-15-26-19/h7-8,15,17-18H,4-6,9-14,16H2,1-3H3,(H2,22,23,24). The number of rotatable bonds is 5. The molecular weight excluding hydrogens is 340 g/mol. The number of thiophene rings is 1. The lowest BCUT2D eigenvalue weighted by Crippen LogP contribution is -2.52. The van der Waals surface area contributed by atoms with Crippen LogP contribution in [0, 0.1) is 0 Å².